The van der Waals surface area contributed by atoms with E-state index < -0.39 is 0 Å². The molecule has 0 bridgehead atoms. The van der Waals surface area contributed by atoms with Crippen LogP contribution in [0.1, 0.15) is 13.3 Å². The first-order valence-electron chi connectivity index (χ1n) is 5.63. The number of fused-ring (bicyclic) bond motifs is 1. The highest BCUT2D eigenvalue weighted by molar-refractivity contribution is 7.00. The first-order chi connectivity index (χ1) is 8.72. The van der Waals surface area contributed by atoms with E-state index in [0.717, 1.165) is 28.4 Å². The van der Waals surface area contributed by atoms with Crippen LogP contribution in [0, 0.1) is 0 Å². The molecule has 0 unspecified atom stereocenters. The van der Waals surface area contributed by atoms with Crippen LogP contribution < -0.4 is 10.6 Å². The van der Waals surface area contributed by atoms with Gasteiger partial charge in [0, 0.05) is 19.5 Å². The Morgan fingerprint density at radius 2 is 2.28 bits per heavy atom. The molecule has 0 spiro atoms. The van der Waals surface area contributed by atoms with Crippen molar-refractivity contribution in [3.05, 3.63) is 17.2 Å². The number of carbonyl (C=O) groups is 1. The Morgan fingerprint density at radius 3 is 3.06 bits per heavy atom. The Balaban J connectivity index is 2.05. The van der Waals surface area contributed by atoms with Crippen molar-refractivity contribution in [1.82, 2.24) is 14.1 Å². The van der Waals surface area contributed by atoms with Crippen molar-refractivity contribution in [2.45, 2.75) is 13.3 Å². The molecule has 0 atom stereocenters. The van der Waals surface area contributed by atoms with Crippen LogP contribution in [0.2, 0.25) is 5.02 Å². The molecule has 0 aliphatic carbocycles. The molecule has 0 radical (unpaired) electrons. The van der Waals surface area contributed by atoms with Gasteiger partial charge in [-0.3, -0.25) is 4.79 Å². The Bertz CT molecular complexity index is 557. The Kier molecular flexibility index (Phi) is 4.33. The number of amides is 1. The van der Waals surface area contributed by atoms with E-state index >= 15 is 0 Å². The molecule has 0 saturated carbocycles. The molecule has 0 aliphatic rings. The van der Waals surface area contributed by atoms with Crippen LogP contribution in [0.25, 0.3) is 11.0 Å². The number of nitrogens with one attached hydrogen (secondary N) is 2. The highest BCUT2D eigenvalue weighted by Gasteiger charge is 2.09. The fourth-order valence-corrected chi connectivity index (χ4v) is 2.34. The number of benzene rings is 1. The highest BCUT2D eigenvalue weighted by atomic mass is 35.5. The maximum absolute atomic E-state index is 11.3. The number of nitrogens with zero attached hydrogens (tertiary/aromatic N) is 2. The van der Waals surface area contributed by atoms with Crippen molar-refractivity contribution in [3.63, 3.8) is 0 Å². The second kappa shape index (κ2) is 5.97. The predicted octanol–water partition coefficient (Wildman–Crippen LogP) is 2.28. The van der Waals surface area contributed by atoms with E-state index in [-0.39, 0.29) is 5.91 Å². The molecule has 96 valence electrons. The summed E-state index contributed by atoms with van der Waals surface area (Å²) < 4.78 is 8.34. The van der Waals surface area contributed by atoms with E-state index in [4.69, 9.17) is 11.6 Å². The van der Waals surface area contributed by atoms with Crippen molar-refractivity contribution in [2.24, 2.45) is 0 Å². The molecular formula is C11H13ClN4OS. The summed E-state index contributed by atoms with van der Waals surface area (Å²) in [6.07, 6.45) is 0.401. The summed E-state index contributed by atoms with van der Waals surface area (Å²) in [5.41, 5.74) is 2.31. The monoisotopic (exact) mass is 284 g/mol. The average molecular weight is 285 g/mol. The third-order valence-corrected chi connectivity index (χ3v) is 3.26. The van der Waals surface area contributed by atoms with Crippen LogP contribution >= 0.6 is 23.3 Å². The van der Waals surface area contributed by atoms with Gasteiger partial charge in [-0.25, -0.2) is 0 Å². The molecule has 0 saturated heterocycles. The number of anilines is 1. The van der Waals surface area contributed by atoms with Crippen LogP contribution in [0.4, 0.5) is 5.69 Å². The third kappa shape index (κ3) is 2.88. The predicted molar refractivity (Wildman–Crippen MR) is 74.2 cm³/mol. The van der Waals surface area contributed by atoms with E-state index in [1.165, 1.54) is 0 Å². The normalized spacial score (nSPS) is 10.6. The number of carbonyl (C=O) groups excluding carboxylic acids is 1. The first kappa shape index (κ1) is 13.0. The Morgan fingerprint density at radius 1 is 1.44 bits per heavy atom. The summed E-state index contributed by atoms with van der Waals surface area (Å²) in [5.74, 6) is 0.0182. The molecule has 1 aromatic heterocycles. The van der Waals surface area contributed by atoms with Gasteiger partial charge in [-0.2, -0.15) is 8.75 Å². The van der Waals surface area contributed by atoms with Crippen LogP contribution in [-0.2, 0) is 4.79 Å². The van der Waals surface area contributed by atoms with Crippen LogP contribution in [0.3, 0.4) is 0 Å². The smallest absolute Gasteiger partial charge is 0.221 e. The van der Waals surface area contributed by atoms with Crippen molar-refractivity contribution in [1.29, 1.82) is 0 Å². The standard InChI is InChI=1S/C11H13ClN4OS/c1-2-13-9(17)5-6-14-10-7(12)3-4-8-11(10)16-18-15-8/h3-4,14H,2,5-6H2,1H3,(H,13,17). The van der Waals surface area contributed by atoms with Gasteiger partial charge in [-0.15, -0.1) is 0 Å². The Labute approximate surface area is 114 Å². The number of rotatable bonds is 5. The molecule has 18 heavy (non-hydrogen) atoms. The van der Waals surface area contributed by atoms with Gasteiger partial charge in [0.2, 0.25) is 5.91 Å². The lowest BCUT2D eigenvalue weighted by molar-refractivity contribution is -0.120. The number of halogens is 1. The minimum absolute atomic E-state index is 0.0182. The second-order valence-electron chi connectivity index (χ2n) is 3.68. The second-order valence-corrected chi connectivity index (χ2v) is 4.62. The van der Waals surface area contributed by atoms with Crippen LogP contribution in [0.15, 0.2) is 12.1 Å². The molecular weight excluding hydrogens is 272 g/mol. The van der Waals surface area contributed by atoms with E-state index in [0.29, 0.717) is 24.5 Å². The van der Waals surface area contributed by atoms with Gasteiger partial charge in [0.15, 0.2) is 0 Å². The summed E-state index contributed by atoms with van der Waals surface area (Å²) in [7, 11) is 0. The summed E-state index contributed by atoms with van der Waals surface area (Å²) in [5, 5.41) is 6.47. The maximum atomic E-state index is 11.3. The molecule has 2 aromatic rings. The van der Waals surface area contributed by atoms with Crippen LogP contribution in [-0.4, -0.2) is 27.7 Å². The van der Waals surface area contributed by atoms with Crippen molar-refractivity contribution in [2.75, 3.05) is 18.4 Å². The highest BCUT2D eigenvalue weighted by Crippen LogP contribution is 2.29. The fourth-order valence-electron chi connectivity index (χ4n) is 1.58. The largest absolute Gasteiger partial charge is 0.381 e. The number of hydrogen-bond acceptors (Lipinski definition) is 5. The molecule has 7 heteroatoms. The fraction of sp³-hybridized carbons (Fsp3) is 0.364. The quantitative estimate of drug-likeness (QED) is 0.884. The van der Waals surface area contributed by atoms with E-state index in [1.807, 2.05) is 13.0 Å². The molecule has 5 nitrogen and oxygen atoms in total. The summed E-state index contributed by atoms with van der Waals surface area (Å²) in [4.78, 5) is 11.3. The first-order valence-corrected chi connectivity index (χ1v) is 6.74. The summed E-state index contributed by atoms with van der Waals surface area (Å²) in [6, 6.07) is 3.61. The molecule has 1 amide bonds. The van der Waals surface area contributed by atoms with Gasteiger partial charge in [0.25, 0.3) is 0 Å². The molecule has 1 heterocycles. The minimum atomic E-state index is 0.0182. The Hall–Kier alpha value is -1.40. The van der Waals surface area contributed by atoms with Crippen LogP contribution in [0.5, 0.6) is 0 Å². The average Bonchev–Trinajstić information content (AvgIpc) is 2.80. The maximum Gasteiger partial charge on any atom is 0.221 e. The molecule has 0 aliphatic heterocycles. The SMILES string of the molecule is CCNC(=O)CCNc1c(Cl)ccc2nsnc12. The van der Waals surface area contributed by atoms with Gasteiger partial charge in [0.1, 0.15) is 11.0 Å². The lowest BCUT2D eigenvalue weighted by atomic mass is 10.2. The zero-order chi connectivity index (χ0) is 13.0. The lowest BCUT2D eigenvalue weighted by Gasteiger charge is -2.08. The lowest BCUT2D eigenvalue weighted by Crippen LogP contribution is -2.24. The molecule has 2 rings (SSSR count). The topological polar surface area (TPSA) is 66.9 Å². The van der Waals surface area contributed by atoms with Gasteiger partial charge >= 0.3 is 0 Å². The van der Waals surface area contributed by atoms with E-state index in [2.05, 4.69) is 19.4 Å². The van der Waals surface area contributed by atoms with Gasteiger partial charge in [-0.05, 0) is 19.1 Å². The number of hydrogen-bond donors (Lipinski definition) is 2. The van der Waals surface area contributed by atoms with Crippen molar-refractivity contribution >= 4 is 46.0 Å². The summed E-state index contributed by atoms with van der Waals surface area (Å²) in [6.45, 7) is 3.05. The van der Waals surface area contributed by atoms with Gasteiger partial charge < -0.3 is 10.6 Å². The van der Waals surface area contributed by atoms with Gasteiger partial charge in [-0.1, -0.05) is 11.6 Å². The molecule has 0 fully saturated rings. The van der Waals surface area contributed by atoms with Crippen molar-refractivity contribution in [3.8, 4) is 0 Å². The zero-order valence-electron chi connectivity index (χ0n) is 9.86. The zero-order valence-corrected chi connectivity index (χ0v) is 11.4. The number of aromatic nitrogens is 2. The molecule has 1 aromatic carbocycles. The molecule has 2 N–H and O–H groups in total. The summed E-state index contributed by atoms with van der Waals surface area (Å²) >= 11 is 7.26. The van der Waals surface area contributed by atoms with E-state index in [9.17, 15) is 4.79 Å². The van der Waals surface area contributed by atoms with E-state index in [1.54, 1.807) is 6.07 Å². The van der Waals surface area contributed by atoms with Crippen molar-refractivity contribution < 1.29 is 4.79 Å². The minimum Gasteiger partial charge on any atom is -0.381 e. The third-order valence-electron chi connectivity index (χ3n) is 2.40. The van der Waals surface area contributed by atoms with Gasteiger partial charge in [0.05, 0.1) is 22.4 Å².